The minimum absolute atomic E-state index is 0. The van der Waals surface area contributed by atoms with Crippen LogP contribution in [0.4, 0.5) is 5.82 Å². The van der Waals surface area contributed by atoms with Gasteiger partial charge in [0.1, 0.15) is 12.1 Å². The topological polar surface area (TPSA) is 87.9 Å². The molecule has 9 nitrogen and oxygen atoms in total. The Hall–Kier alpha value is -1.68. The first-order valence-electron chi connectivity index (χ1n) is 8.30. The van der Waals surface area contributed by atoms with E-state index in [9.17, 15) is 4.79 Å². The standard InChI is InChI=1S/C15H21N7O2.2ClH/c23-15(9-12-10-24-8-3-16-12)21-6-4-20(5-7-21)14-2-1-13-18-17-11-22(13)19-14;;/h1-2,11-12,16H,3-10H2;2*1H. The molecule has 0 spiro atoms. The van der Waals surface area contributed by atoms with Gasteiger partial charge in [-0.15, -0.1) is 40.1 Å². The van der Waals surface area contributed by atoms with Gasteiger partial charge in [-0.2, -0.15) is 4.52 Å². The van der Waals surface area contributed by atoms with Crippen molar-refractivity contribution in [2.24, 2.45) is 0 Å². The van der Waals surface area contributed by atoms with Crippen molar-refractivity contribution in [3.63, 3.8) is 0 Å². The van der Waals surface area contributed by atoms with Crippen molar-refractivity contribution in [1.82, 2.24) is 30.0 Å². The van der Waals surface area contributed by atoms with Crippen LogP contribution < -0.4 is 10.2 Å². The van der Waals surface area contributed by atoms with E-state index in [1.165, 1.54) is 0 Å². The highest BCUT2D eigenvalue weighted by Crippen LogP contribution is 2.15. The lowest BCUT2D eigenvalue weighted by molar-refractivity contribution is -0.132. The summed E-state index contributed by atoms with van der Waals surface area (Å²) in [6.45, 7) is 5.16. The first-order valence-corrected chi connectivity index (χ1v) is 8.30. The van der Waals surface area contributed by atoms with Gasteiger partial charge in [-0.3, -0.25) is 4.79 Å². The Kier molecular flexibility index (Phi) is 7.39. The number of ether oxygens (including phenoxy) is 1. The highest BCUT2D eigenvalue weighted by atomic mass is 35.5. The zero-order chi connectivity index (χ0) is 16.4. The first-order chi connectivity index (χ1) is 11.8. The van der Waals surface area contributed by atoms with Gasteiger partial charge in [0.15, 0.2) is 5.65 Å². The second-order valence-corrected chi connectivity index (χ2v) is 6.12. The lowest BCUT2D eigenvalue weighted by atomic mass is 10.1. The van der Waals surface area contributed by atoms with E-state index in [4.69, 9.17) is 4.74 Å². The molecular weight excluding hydrogens is 381 g/mol. The molecule has 26 heavy (non-hydrogen) atoms. The van der Waals surface area contributed by atoms with Crippen LogP contribution >= 0.6 is 24.8 Å². The lowest BCUT2D eigenvalue weighted by Crippen LogP contribution is -2.51. The summed E-state index contributed by atoms with van der Waals surface area (Å²) >= 11 is 0. The number of fused-ring (bicyclic) bond motifs is 1. The Morgan fingerprint density at radius 1 is 1.23 bits per heavy atom. The van der Waals surface area contributed by atoms with Crippen molar-refractivity contribution >= 4 is 42.2 Å². The number of carbonyl (C=O) groups excluding carboxylic acids is 1. The third kappa shape index (κ3) is 4.53. The van der Waals surface area contributed by atoms with Crippen LogP contribution in [0, 0.1) is 0 Å². The predicted molar refractivity (Wildman–Crippen MR) is 101 cm³/mol. The molecule has 0 radical (unpaired) electrons. The summed E-state index contributed by atoms with van der Waals surface area (Å²) < 4.78 is 7.08. The number of morpholine rings is 1. The fourth-order valence-corrected chi connectivity index (χ4v) is 3.16. The predicted octanol–water partition coefficient (Wildman–Crippen LogP) is -0.00500. The number of nitrogens with zero attached hydrogens (tertiary/aromatic N) is 6. The minimum Gasteiger partial charge on any atom is -0.378 e. The number of nitrogens with one attached hydrogen (secondary N) is 1. The number of aromatic nitrogens is 4. The van der Waals surface area contributed by atoms with Crippen LogP contribution in [0.3, 0.4) is 0 Å². The summed E-state index contributed by atoms with van der Waals surface area (Å²) in [5.41, 5.74) is 0.731. The van der Waals surface area contributed by atoms with E-state index in [-0.39, 0.29) is 36.8 Å². The second kappa shape index (κ2) is 9.31. The fourth-order valence-electron chi connectivity index (χ4n) is 3.16. The minimum atomic E-state index is 0. The number of hydrogen-bond acceptors (Lipinski definition) is 7. The van der Waals surface area contributed by atoms with Crippen LogP contribution in [0.15, 0.2) is 18.5 Å². The zero-order valence-corrected chi connectivity index (χ0v) is 15.9. The molecule has 1 atom stereocenters. The average molecular weight is 404 g/mol. The number of carbonyl (C=O) groups is 1. The van der Waals surface area contributed by atoms with Gasteiger partial charge in [-0.1, -0.05) is 0 Å². The van der Waals surface area contributed by atoms with Gasteiger partial charge in [0, 0.05) is 45.2 Å². The Morgan fingerprint density at radius 2 is 2.04 bits per heavy atom. The molecule has 0 aliphatic carbocycles. The van der Waals surface area contributed by atoms with E-state index in [0.29, 0.717) is 26.1 Å². The molecule has 2 aliphatic heterocycles. The molecule has 144 valence electrons. The summed E-state index contributed by atoms with van der Waals surface area (Å²) in [4.78, 5) is 16.5. The highest BCUT2D eigenvalue weighted by Gasteiger charge is 2.25. The largest absolute Gasteiger partial charge is 0.378 e. The molecule has 2 fully saturated rings. The molecule has 1 N–H and O–H groups in total. The quantitative estimate of drug-likeness (QED) is 0.770. The molecule has 4 heterocycles. The molecule has 1 unspecified atom stereocenters. The number of hydrogen-bond donors (Lipinski definition) is 1. The van der Waals surface area contributed by atoms with E-state index in [0.717, 1.165) is 37.7 Å². The van der Waals surface area contributed by atoms with Crippen LogP contribution in [0.25, 0.3) is 5.65 Å². The molecule has 1 amide bonds. The maximum atomic E-state index is 12.4. The molecule has 2 aliphatic rings. The van der Waals surface area contributed by atoms with E-state index >= 15 is 0 Å². The molecule has 2 aromatic heterocycles. The second-order valence-electron chi connectivity index (χ2n) is 6.12. The van der Waals surface area contributed by atoms with Crippen LogP contribution in [0.2, 0.25) is 0 Å². The maximum absolute atomic E-state index is 12.4. The van der Waals surface area contributed by atoms with Crippen molar-refractivity contribution in [1.29, 1.82) is 0 Å². The SMILES string of the molecule is Cl.Cl.O=C(CC1COCCN1)N1CCN(c2ccc3nncn3n2)CC1. The van der Waals surface area contributed by atoms with Crippen LogP contribution in [-0.2, 0) is 9.53 Å². The number of piperazine rings is 1. The number of rotatable bonds is 3. The van der Waals surface area contributed by atoms with Gasteiger partial charge in [-0.05, 0) is 12.1 Å². The van der Waals surface area contributed by atoms with Crippen LogP contribution in [0.1, 0.15) is 6.42 Å². The van der Waals surface area contributed by atoms with E-state index in [1.54, 1.807) is 10.8 Å². The van der Waals surface area contributed by atoms with Crippen LogP contribution in [-0.4, -0.2) is 82.6 Å². The number of anilines is 1. The highest BCUT2D eigenvalue weighted by molar-refractivity contribution is 5.85. The Labute approximate surface area is 163 Å². The Balaban J connectivity index is 0.00000121. The van der Waals surface area contributed by atoms with Gasteiger partial charge in [0.05, 0.1) is 13.2 Å². The lowest BCUT2D eigenvalue weighted by Gasteiger charge is -2.36. The molecule has 0 aromatic carbocycles. The van der Waals surface area contributed by atoms with E-state index in [2.05, 4.69) is 25.5 Å². The fraction of sp³-hybridized carbons (Fsp3) is 0.600. The van der Waals surface area contributed by atoms with Gasteiger partial charge in [0.25, 0.3) is 0 Å². The zero-order valence-electron chi connectivity index (χ0n) is 14.3. The molecule has 0 bridgehead atoms. The van der Waals surface area contributed by atoms with Crippen molar-refractivity contribution in [3.8, 4) is 0 Å². The van der Waals surface area contributed by atoms with Gasteiger partial charge in [0.2, 0.25) is 5.91 Å². The third-order valence-electron chi connectivity index (χ3n) is 4.52. The number of halogens is 2. The van der Waals surface area contributed by atoms with Crippen molar-refractivity contribution in [2.75, 3.05) is 50.8 Å². The third-order valence-corrected chi connectivity index (χ3v) is 4.52. The summed E-state index contributed by atoms with van der Waals surface area (Å²) in [6, 6.07) is 3.99. The molecular formula is C15H23Cl2N7O2. The Bertz CT molecular complexity index is 715. The first kappa shape index (κ1) is 20.6. The van der Waals surface area contributed by atoms with Crippen molar-refractivity contribution < 1.29 is 9.53 Å². The van der Waals surface area contributed by atoms with Gasteiger partial charge < -0.3 is 19.9 Å². The molecule has 11 heteroatoms. The maximum Gasteiger partial charge on any atom is 0.224 e. The molecule has 2 aromatic rings. The van der Waals surface area contributed by atoms with Gasteiger partial charge >= 0.3 is 0 Å². The Morgan fingerprint density at radius 3 is 2.77 bits per heavy atom. The number of amides is 1. The molecule has 4 rings (SSSR count). The van der Waals surface area contributed by atoms with E-state index in [1.807, 2.05) is 17.0 Å². The van der Waals surface area contributed by atoms with Crippen molar-refractivity contribution in [3.05, 3.63) is 18.5 Å². The summed E-state index contributed by atoms with van der Waals surface area (Å²) in [5.74, 6) is 1.08. The summed E-state index contributed by atoms with van der Waals surface area (Å²) in [6.07, 6.45) is 2.10. The normalized spacial score (nSPS) is 20.4. The smallest absolute Gasteiger partial charge is 0.224 e. The van der Waals surface area contributed by atoms with Gasteiger partial charge in [-0.25, -0.2) is 0 Å². The summed E-state index contributed by atoms with van der Waals surface area (Å²) in [5, 5.41) is 15.6. The van der Waals surface area contributed by atoms with E-state index < -0.39 is 0 Å². The van der Waals surface area contributed by atoms with Crippen LogP contribution in [0.5, 0.6) is 0 Å². The molecule has 0 saturated carbocycles. The molecule has 2 saturated heterocycles. The summed E-state index contributed by atoms with van der Waals surface area (Å²) in [7, 11) is 0. The van der Waals surface area contributed by atoms with Crippen molar-refractivity contribution in [2.45, 2.75) is 12.5 Å². The monoisotopic (exact) mass is 403 g/mol. The average Bonchev–Trinajstić information content (AvgIpc) is 3.10.